The minimum absolute atomic E-state index is 0.109. The molecule has 1 aliphatic rings. The number of piperazine rings is 1. The van der Waals surface area contributed by atoms with Crippen molar-refractivity contribution in [2.45, 2.75) is 12.8 Å². The molecule has 0 radical (unpaired) electrons. The second-order valence-electron chi connectivity index (χ2n) is 2.79. The van der Waals surface area contributed by atoms with Crippen molar-refractivity contribution in [3.8, 4) is 6.07 Å². The van der Waals surface area contributed by atoms with Crippen molar-refractivity contribution in [2.75, 3.05) is 26.2 Å². The van der Waals surface area contributed by atoms with Gasteiger partial charge in [0.25, 0.3) is 0 Å². The lowest BCUT2D eigenvalue weighted by Crippen LogP contribution is -2.46. The first-order valence-corrected chi connectivity index (χ1v) is 4.20. The number of carbonyl (C=O) groups is 1. The van der Waals surface area contributed by atoms with Crippen molar-refractivity contribution in [3.63, 3.8) is 0 Å². The predicted octanol–water partition coefficient (Wildman–Crippen LogP) is -0.278. The Labute approximate surface area is 72.2 Å². The van der Waals surface area contributed by atoms with E-state index in [-0.39, 0.29) is 5.91 Å². The van der Waals surface area contributed by atoms with Crippen LogP contribution in [-0.4, -0.2) is 37.0 Å². The molecule has 0 aromatic carbocycles. The summed E-state index contributed by atoms with van der Waals surface area (Å²) < 4.78 is 0. The lowest BCUT2D eigenvalue weighted by Gasteiger charge is -2.27. The second kappa shape index (κ2) is 4.73. The molecular formula is C8H13N3O. The van der Waals surface area contributed by atoms with Gasteiger partial charge in [-0.1, -0.05) is 0 Å². The number of hydrogen-bond acceptors (Lipinski definition) is 3. The number of amides is 1. The molecule has 0 unspecified atom stereocenters. The van der Waals surface area contributed by atoms with Gasteiger partial charge >= 0.3 is 0 Å². The summed E-state index contributed by atoms with van der Waals surface area (Å²) >= 11 is 0. The van der Waals surface area contributed by atoms with Gasteiger partial charge in [-0.05, 0) is 0 Å². The smallest absolute Gasteiger partial charge is 0.223 e. The quantitative estimate of drug-likeness (QED) is 0.615. The molecule has 4 heteroatoms. The molecule has 0 saturated carbocycles. The number of hydrogen-bond donors (Lipinski definition) is 1. The molecule has 1 amide bonds. The second-order valence-corrected chi connectivity index (χ2v) is 2.79. The SMILES string of the molecule is N#CCCC(=O)N1CCNCC1. The van der Waals surface area contributed by atoms with Gasteiger partial charge in [-0.2, -0.15) is 5.26 Å². The third-order valence-corrected chi connectivity index (χ3v) is 1.92. The van der Waals surface area contributed by atoms with Crippen LogP contribution in [0.1, 0.15) is 12.8 Å². The van der Waals surface area contributed by atoms with Gasteiger partial charge < -0.3 is 10.2 Å². The van der Waals surface area contributed by atoms with E-state index in [9.17, 15) is 4.79 Å². The summed E-state index contributed by atoms with van der Waals surface area (Å²) in [6.45, 7) is 3.31. The van der Waals surface area contributed by atoms with Gasteiger partial charge in [0, 0.05) is 39.0 Å². The molecule has 0 aromatic heterocycles. The van der Waals surface area contributed by atoms with E-state index in [1.165, 1.54) is 0 Å². The molecule has 0 bridgehead atoms. The average Bonchev–Trinajstić information content (AvgIpc) is 2.15. The molecule has 1 aliphatic heterocycles. The molecule has 4 nitrogen and oxygen atoms in total. The maximum atomic E-state index is 11.3. The zero-order valence-corrected chi connectivity index (χ0v) is 7.05. The minimum atomic E-state index is 0.109. The molecule has 1 fully saturated rings. The fourth-order valence-corrected chi connectivity index (χ4v) is 1.24. The highest BCUT2D eigenvalue weighted by Gasteiger charge is 2.14. The molecule has 66 valence electrons. The van der Waals surface area contributed by atoms with Crippen LogP contribution in [-0.2, 0) is 4.79 Å². The summed E-state index contributed by atoms with van der Waals surface area (Å²) in [6.07, 6.45) is 0.708. The Morgan fingerprint density at radius 2 is 2.17 bits per heavy atom. The fraction of sp³-hybridized carbons (Fsp3) is 0.750. The summed E-state index contributed by atoms with van der Waals surface area (Å²) in [7, 11) is 0. The monoisotopic (exact) mass is 167 g/mol. The molecule has 0 aliphatic carbocycles. The van der Waals surface area contributed by atoms with Crippen LogP contribution in [0.4, 0.5) is 0 Å². The Hall–Kier alpha value is -1.08. The average molecular weight is 167 g/mol. The van der Waals surface area contributed by atoms with Gasteiger partial charge in [0.2, 0.25) is 5.91 Å². The van der Waals surface area contributed by atoms with Gasteiger partial charge in [0.15, 0.2) is 0 Å². The Morgan fingerprint density at radius 3 is 2.75 bits per heavy atom. The predicted molar refractivity (Wildman–Crippen MR) is 44.3 cm³/mol. The van der Waals surface area contributed by atoms with Crippen molar-refractivity contribution in [1.82, 2.24) is 10.2 Å². The maximum absolute atomic E-state index is 11.3. The number of carbonyl (C=O) groups excluding carboxylic acids is 1. The van der Waals surface area contributed by atoms with Crippen LogP contribution in [0, 0.1) is 11.3 Å². The molecule has 1 N–H and O–H groups in total. The van der Waals surface area contributed by atoms with E-state index < -0.39 is 0 Å². The van der Waals surface area contributed by atoms with E-state index in [0.717, 1.165) is 26.2 Å². The summed E-state index contributed by atoms with van der Waals surface area (Å²) in [5.74, 6) is 0.109. The number of nitrogens with one attached hydrogen (secondary N) is 1. The van der Waals surface area contributed by atoms with Crippen molar-refractivity contribution in [2.24, 2.45) is 0 Å². The van der Waals surface area contributed by atoms with E-state index in [1.807, 2.05) is 11.0 Å². The topological polar surface area (TPSA) is 56.1 Å². The minimum Gasteiger partial charge on any atom is -0.340 e. The fourth-order valence-electron chi connectivity index (χ4n) is 1.24. The summed E-state index contributed by atoms with van der Waals surface area (Å²) in [5.41, 5.74) is 0. The van der Waals surface area contributed by atoms with E-state index in [1.54, 1.807) is 0 Å². The Kier molecular flexibility index (Phi) is 3.55. The van der Waals surface area contributed by atoms with Crippen LogP contribution < -0.4 is 5.32 Å². The normalized spacial score (nSPS) is 17.1. The van der Waals surface area contributed by atoms with E-state index in [0.29, 0.717) is 12.8 Å². The lowest BCUT2D eigenvalue weighted by molar-refractivity contribution is -0.131. The van der Waals surface area contributed by atoms with E-state index >= 15 is 0 Å². The largest absolute Gasteiger partial charge is 0.340 e. The maximum Gasteiger partial charge on any atom is 0.223 e. The first-order valence-electron chi connectivity index (χ1n) is 4.20. The van der Waals surface area contributed by atoms with Crippen molar-refractivity contribution in [3.05, 3.63) is 0 Å². The third-order valence-electron chi connectivity index (χ3n) is 1.92. The van der Waals surface area contributed by atoms with Crippen molar-refractivity contribution >= 4 is 5.91 Å². The zero-order valence-electron chi connectivity index (χ0n) is 7.05. The van der Waals surface area contributed by atoms with Crippen LogP contribution in [0.3, 0.4) is 0 Å². The van der Waals surface area contributed by atoms with Gasteiger partial charge in [-0.15, -0.1) is 0 Å². The first-order chi connectivity index (χ1) is 5.84. The van der Waals surface area contributed by atoms with Crippen molar-refractivity contribution in [1.29, 1.82) is 5.26 Å². The van der Waals surface area contributed by atoms with Crippen LogP contribution in [0.5, 0.6) is 0 Å². The highest BCUT2D eigenvalue weighted by Crippen LogP contribution is 1.98. The molecule has 0 aromatic rings. The summed E-state index contributed by atoms with van der Waals surface area (Å²) in [5, 5.41) is 11.4. The number of nitriles is 1. The number of rotatable bonds is 2. The summed E-state index contributed by atoms with van der Waals surface area (Å²) in [6, 6.07) is 1.97. The third kappa shape index (κ3) is 2.51. The molecule has 1 saturated heterocycles. The van der Waals surface area contributed by atoms with Gasteiger partial charge in [0.1, 0.15) is 0 Å². The molecule has 1 heterocycles. The van der Waals surface area contributed by atoms with Gasteiger partial charge in [-0.25, -0.2) is 0 Å². The van der Waals surface area contributed by atoms with E-state index in [2.05, 4.69) is 5.32 Å². The Balaban J connectivity index is 2.26. The number of nitrogens with zero attached hydrogens (tertiary/aromatic N) is 2. The standard InChI is InChI=1S/C8H13N3O/c9-3-1-2-8(12)11-6-4-10-5-7-11/h10H,1-2,4-7H2. The Bertz CT molecular complexity index is 191. The zero-order chi connectivity index (χ0) is 8.81. The molecule has 0 spiro atoms. The van der Waals surface area contributed by atoms with Crippen LogP contribution >= 0.6 is 0 Å². The summed E-state index contributed by atoms with van der Waals surface area (Å²) in [4.78, 5) is 13.1. The van der Waals surface area contributed by atoms with Gasteiger partial charge in [-0.3, -0.25) is 4.79 Å². The molecule has 12 heavy (non-hydrogen) atoms. The van der Waals surface area contributed by atoms with E-state index in [4.69, 9.17) is 5.26 Å². The van der Waals surface area contributed by atoms with Gasteiger partial charge in [0.05, 0.1) is 6.07 Å². The van der Waals surface area contributed by atoms with Crippen LogP contribution in [0.25, 0.3) is 0 Å². The lowest BCUT2D eigenvalue weighted by atomic mass is 10.2. The highest BCUT2D eigenvalue weighted by atomic mass is 16.2. The highest BCUT2D eigenvalue weighted by molar-refractivity contribution is 5.76. The first kappa shape index (κ1) is 9.01. The van der Waals surface area contributed by atoms with Crippen LogP contribution in [0.15, 0.2) is 0 Å². The molecular weight excluding hydrogens is 154 g/mol. The van der Waals surface area contributed by atoms with Crippen LogP contribution in [0.2, 0.25) is 0 Å². The van der Waals surface area contributed by atoms with Crippen molar-refractivity contribution < 1.29 is 4.79 Å². The molecule has 0 atom stereocenters. The molecule has 1 rings (SSSR count). The Morgan fingerprint density at radius 1 is 1.50 bits per heavy atom.